The van der Waals surface area contributed by atoms with Crippen LogP contribution < -0.4 is 10.1 Å². The Bertz CT molecular complexity index is 1010. The van der Waals surface area contributed by atoms with Crippen LogP contribution in [0.25, 0.3) is 11.3 Å². The van der Waals surface area contributed by atoms with Gasteiger partial charge in [0, 0.05) is 18.3 Å². The Morgan fingerprint density at radius 1 is 1.28 bits per heavy atom. The van der Waals surface area contributed by atoms with Crippen LogP contribution in [-0.2, 0) is 7.05 Å². The fourth-order valence-corrected chi connectivity index (χ4v) is 2.76. The summed E-state index contributed by atoms with van der Waals surface area (Å²) in [6.45, 7) is 3.45. The molecule has 0 aliphatic heterocycles. The normalized spacial score (nSPS) is 11.4. The van der Waals surface area contributed by atoms with Crippen LogP contribution in [0.2, 0.25) is 0 Å². The van der Waals surface area contributed by atoms with Crippen molar-refractivity contribution in [1.29, 1.82) is 0 Å². The Morgan fingerprint density at radius 3 is 2.45 bits per heavy atom. The fourth-order valence-electron chi connectivity index (χ4n) is 2.76. The number of amides is 1. The number of hydrogen-bond donors (Lipinski definition) is 2. The molecule has 3 rings (SSSR count). The number of aromatic nitrogens is 3. The molecule has 1 aromatic carbocycles. The molecule has 0 aliphatic rings. The number of aromatic carboxylic acids is 1. The monoisotopic (exact) mass is 420 g/mol. The highest BCUT2D eigenvalue weighted by Crippen LogP contribution is 2.30. The minimum absolute atomic E-state index is 0. The Kier molecular flexibility index (Phi) is 6.65. The van der Waals surface area contributed by atoms with E-state index < -0.39 is 17.9 Å². The van der Waals surface area contributed by atoms with Crippen molar-refractivity contribution in [1.82, 2.24) is 20.3 Å². The highest BCUT2D eigenvalue weighted by atomic mass is 35.5. The summed E-state index contributed by atoms with van der Waals surface area (Å²) < 4.78 is 12.0. The molecular formula is C19H21ClN4O5. The van der Waals surface area contributed by atoms with Crippen molar-refractivity contribution in [2.45, 2.75) is 19.9 Å². The van der Waals surface area contributed by atoms with Crippen LogP contribution in [0.1, 0.15) is 45.3 Å². The third-order valence-electron chi connectivity index (χ3n) is 4.38. The Labute approximate surface area is 173 Å². The predicted octanol–water partition coefficient (Wildman–Crippen LogP) is 3.00. The van der Waals surface area contributed by atoms with Crippen LogP contribution in [0.15, 0.2) is 34.9 Å². The second-order valence-corrected chi connectivity index (χ2v) is 6.29. The summed E-state index contributed by atoms with van der Waals surface area (Å²) in [5, 5.41) is 20.4. The van der Waals surface area contributed by atoms with Gasteiger partial charge in [-0.3, -0.25) is 9.48 Å². The molecular weight excluding hydrogens is 400 g/mol. The van der Waals surface area contributed by atoms with E-state index in [-0.39, 0.29) is 35.1 Å². The molecule has 1 atom stereocenters. The lowest BCUT2D eigenvalue weighted by Crippen LogP contribution is -2.27. The molecule has 2 N–H and O–H groups in total. The number of hydrogen-bond acceptors (Lipinski definition) is 6. The number of carbonyl (C=O) groups excluding carboxylic acids is 1. The maximum atomic E-state index is 12.4. The summed E-state index contributed by atoms with van der Waals surface area (Å²) >= 11 is 0. The first-order valence-electron chi connectivity index (χ1n) is 8.50. The largest absolute Gasteiger partial charge is 0.497 e. The van der Waals surface area contributed by atoms with Crippen LogP contribution in [0.4, 0.5) is 0 Å². The number of carboxylic acid groups (broad SMARTS) is 1. The molecule has 0 saturated heterocycles. The van der Waals surface area contributed by atoms with Crippen molar-refractivity contribution in [2.24, 2.45) is 7.05 Å². The van der Waals surface area contributed by atoms with Gasteiger partial charge >= 0.3 is 5.97 Å². The van der Waals surface area contributed by atoms with Crippen molar-refractivity contribution in [3.8, 4) is 17.0 Å². The van der Waals surface area contributed by atoms with Crippen LogP contribution in [0.3, 0.4) is 0 Å². The lowest BCUT2D eigenvalue weighted by atomic mass is 10.0. The van der Waals surface area contributed by atoms with E-state index in [1.54, 1.807) is 56.1 Å². The number of benzene rings is 1. The number of nitrogens with one attached hydrogen (secondary N) is 1. The van der Waals surface area contributed by atoms with Gasteiger partial charge in [0.2, 0.25) is 0 Å². The van der Waals surface area contributed by atoms with E-state index in [1.165, 1.54) is 0 Å². The summed E-state index contributed by atoms with van der Waals surface area (Å²) in [4.78, 5) is 24.3. The second-order valence-electron chi connectivity index (χ2n) is 6.29. The van der Waals surface area contributed by atoms with Gasteiger partial charge < -0.3 is 19.7 Å². The Morgan fingerprint density at radius 2 is 1.93 bits per heavy atom. The van der Waals surface area contributed by atoms with Crippen molar-refractivity contribution >= 4 is 24.3 Å². The van der Waals surface area contributed by atoms with E-state index in [0.717, 1.165) is 5.69 Å². The molecule has 9 nitrogen and oxygen atoms in total. The first kappa shape index (κ1) is 22.0. The maximum Gasteiger partial charge on any atom is 0.341 e. The predicted molar refractivity (Wildman–Crippen MR) is 107 cm³/mol. The molecule has 2 heterocycles. The van der Waals surface area contributed by atoms with Gasteiger partial charge in [-0.25, -0.2) is 4.79 Å². The number of nitrogens with zero attached hydrogens (tertiary/aromatic N) is 3. The van der Waals surface area contributed by atoms with Crippen molar-refractivity contribution < 1.29 is 24.0 Å². The third-order valence-corrected chi connectivity index (χ3v) is 4.38. The van der Waals surface area contributed by atoms with Gasteiger partial charge in [-0.2, -0.15) is 5.10 Å². The molecule has 0 aliphatic carbocycles. The first-order valence-corrected chi connectivity index (χ1v) is 8.50. The molecule has 29 heavy (non-hydrogen) atoms. The van der Waals surface area contributed by atoms with Gasteiger partial charge in [-0.05, 0) is 44.2 Å². The minimum atomic E-state index is -1.20. The van der Waals surface area contributed by atoms with Gasteiger partial charge in [0.15, 0.2) is 5.76 Å². The second kappa shape index (κ2) is 8.78. The highest BCUT2D eigenvalue weighted by molar-refractivity contribution is 5.97. The van der Waals surface area contributed by atoms with E-state index in [9.17, 15) is 14.7 Å². The van der Waals surface area contributed by atoms with Gasteiger partial charge in [-0.1, -0.05) is 5.16 Å². The number of carboxylic acids is 1. The zero-order valence-electron chi connectivity index (χ0n) is 16.3. The molecule has 2 aromatic heterocycles. The minimum Gasteiger partial charge on any atom is -0.497 e. The average molecular weight is 421 g/mol. The molecule has 0 spiro atoms. The summed E-state index contributed by atoms with van der Waals surface area (Å²) in [6.07, 6.45) is 0. The van der Waals surface area contributed by atoms with Crippen LogP contribution in [0, 0.1) is 6.92 Å². The Balaban J connectivity index is 0.00000300. The fraction of sp³-hybridized carbons (Fsp3) is 0.263. The molecule has 0 radical (unpaired) electrons. The molecule has 10 heteroatoms. The SMILES string of the molecule is COc1ccc(-c2noc([C@@H](C)NC(=O)c3cc(C)n(C)n3)c2C(=O)O)cc1.Cl. The highest BCUT2D eigenvalue weighted by Gasteiger charge is 2.28. The standard InChI is InChI=1S/C19H20N4O5.ClH/c1-10-9-14(21-23(10)3)18(24)20-11(2)17-15(19(25)26)16(22-28-17)12-5-7-13(27-4)8-6-12;/h5-9,11H,1-4H3,(H,20,24)(H,25,26);1H/t11-;/m1./s1. The Hall–Kier alpha value is -3.33. The molecule has 0 bridgehead atoms. The third kappa shape index (κ3) is 4.40. The van der Waals surface area contributed by atoms with Gasteiger partial charge in [0.1, 0.15) is 22.7 Å². The van der Waals surface area contributed by atoms with Crippen molar-refractivity contribution in [2.75, 3.05) is 7.11 Å². The molecule has 0 saturated carbocycles. The number of rotatable bonds is 6. The smallest absolute Gasteiger partial charge is 0.341 e. The van der Waals surface area contributed by atoms with Crippen molar-refractivity contribution in [3.05, 3.63) is 53.0 Å². The van der Waals surface area contributed by atoms with E-state index in [1.807, 2.05) is 6.92 Å². The topological polar surface area (TPSA) is 119 Å². The number of carbonyl (C=O) groups is 2. The van der Waals surface area contributed by atoms with Crippen LogP contribution in [-0.4, -0.2) is 39.0 Å². The van der Waals surface area contributed by atoms with Crippen molar-refractivity contribution in [3.63, 3.8) is 0 Å². The maximum absolute atomic E-state index is 12.4. The quantitative estimate of drug-likeness (QED) is 0.628. The lowest BCUT2D eigenvalue weighted by Gasteiger charge is -2.10. The average Bonchev–Trinajstić information content (AvgIpc) is 3.26. The summed E-state index contributed by atoms with van der Waals surface area (Å²) in [6, 6.07) is 7.69. The van der Waals surface area contributed by atoms with Crippen LogP contribution >= 0.6 is 12.4 Å². The van der Waals surface area contributed by atoms with Gasteiger partial charge in [0.25, 0.3) is 5.91 Å². The molecule has 1 amide bonds. The van der Waals surface area contributed by atoms with E-state index in [4.69, 9.17) is 9.26 Å². The zero-order valence-corrected chi connectivity index (χ0v) is 17.1. The molecule has 0 fully saturated rings. The molecule has 3 aromatic rings. The first-order chi connectivity index (χ1) is 13.3. The number of halogens is 1. The number of aryl methyl sites for hydroxylation is 2. The summed E-state index contributed by atoms with van der Waals surface area (Å²) in [7, 11) is 3.27. The van der Waals surface area contributed by atoms with E-state index >= 15 is 0 Å². The van der Waals surface area contributed by atoms with E-state index in [0.29, 0.717) is 11.3 Å². The lowest BCUT2D eigenvalue weighted by molar-refractivity contribution is 0.0692. The van der Waals surface area contributed by atoms with Crippen LogP contribution in [0.5, 0.6) is 5.75 Å². The summed E-state index contributed by atoms with van der Waals surface area (Å²) in [5.41, 5.74) is 1.70. The van der Waals surface area contributed by atoms with Gasteiger partial charge in [0.05, 0.1) is 13.2 Å². The summed E-state index contributed by atoms with van der Waals surface area (Å²) in [5.74, 6) is -0.943. The number of methoxy groups -OCH3 is 1. The molecule has 154 valence electrons. The van der Waals surface area contributed by atoms with E-state index in [2.05, 4.69) is 15.6 Å². The zero-order chi connectivity index (χ0) is 20.4. The molecule has 0 unspecified atom stereocenters. The number of ether oxygens (including phenoxy) is 1. The van der Waals surface area contributed by atoms with Gasteiger partial charge in [-0.15, -0.1) is 12.4 Å².